The van der Waals surface area contributed by atoms with Crippen LogP contribution in [0, 0.1) is 12.7 Å². The van der Waals surface area contributed by atoms with Crippen LogP contribution in [0.5, 0.6) is 0 Å². The van der Waals surface area contributed by atoms with E-state index in [1.54, 1.807) is 25.4 Å². The first-order valence-electron chi connectivity index (χ1n) is 6.90. The van der Waals surface area contributed by atoms with Crippen LogP contribution in [0.25, 0.3) is 5.69 Å². The van der Waals surface area contributed by atoms with E-state index in [9.17, 15) is 14.3 Å². The fourth-order valence-corrected chi connectivity index (χ4v) is 2.94. The molecule has 3 rings (SSSR count). The second-order valence-electron chi connectivity index (χ2n) is 4.85. The standard InChI is InChI=1S/C15H12FN5O2S/c1-9-7-10(16)3-4-11(9)21-12(13(14(22)23)19-20-21)8-24-15-17-5-2-6-18-15/h2-7H,8H2,1H3,(H,22,23). The molecule has 0 atom stereocenters. The minimum Gasteiger partial charge on any atom is -0.476 e. The van der Waals surface area contributed by atoms with Gasteiger partial charge in [0.15, 0.2) is 10.9 Å². The lowest BCUT2D eigenvalue weighted by Crippen LogP contribution is -2.07. The molecule has 0 saturated carbocycles. The van der Waals surface area contributed by atoms with Gasteiger partial charge in [-0.2, -0.15) is 0 Å². The fourth-order valence-electron chi connectivity index (χ4n) is 2.14. The van der Waals surface area contributed by atoms with Crippen LogP contribution in [0.2, 0.25) is 0 Å². The SMILES string of the molecule is Cc1cc(F)ccc1-n1nnc(C(=O)O)c1CSc1ncccn1. The maximum Gasteiger partial charge on any atom is 0.358 e. The molecule has 1 N–H and O–H groups in total. The number of nitrogens with zero attached hydrogens (tertiary/aromatic N) is 5. The monoisotopic (exact) mass is 345 g/mol. The van der Waals surface area contributed by atoms with Crippen LogP contribution in [-0.4, -0.2) is 36.0 Å². The van der Waals surface area contributed by atoms with Crippen molar-refractivity contribution >= 4 is 17.7 Å². The molecule has 0 spiro atoms. The van der Waals surface area contributed by atoms with Crippen LogP contribution in [0.4, 0.5) is 4.39 Å². The Morgan fingerprint density at radius 1 is 1.33 bits per heavy atom. The summed E-state index contributed by atoms with van der Waals surface area (Å²) < 4.78 is 14.7. The van der Waals surface area contributed by atoms with E-state index in [4.69, 9.17) is 0 Å². The van der Waals surface area contributed by atoms with E-state index in [0.717, 1.165) is 0 Å². The van der Waals surface area contributed by atoms with Gasteiger partial charge in [0.05, 0.1) is 11.4 Å². The van der Waals surface area contributed by atoms with Crippen LogP contribution < -0.4 is 0 Å². The largest absolute Gasteiger partial charge is 0.476 e. The molecule has 122 valence electrons. The molecular weight excluding hydrogens is 333 g/mol. The summed E-state index contributed by atoms with van der Waals surface area (Å²) in [5, 5.41) is 17.5. The zero-order valence-electron chi connectivity index (χ0n) is 12.5. The highest BCUT2D eigenvalue weighted by atomic mass is 32.2. The molecule has 24 heavy (non-hydrogen) atoms. The van der Waals surface area contributed by atoms with Crippen molar-refractivity contribution in [3.05, 3.63) is 59.4 Å². The molecule has 0 aliphatic carbocycles. The summed E-state index contributed by atoms with van der Waals surface area (Å²) in [7, 11) is 0. The van der Waals surface area contributed by atoms with Gasteiger partial charge in [-0.1, -0.05) is 17.0 Å². The Balaban J connectivity index is 1.99. The van der Waals surface area contributed by atoms with Gasteiger partial charge in [0.1, 0.15) is 5.82 Å². The molecule has 0 aliphatic heterocycles. The number of carboxylic acid groups (broad SMARTS) is 1. The van der Waals surface area contributed by atoms with E-state index < -0.39 is 5.97 Å². The van der Waals surface area contributed by atoms with E-state index in [1.807, 2.05) is 0 Å². The van der Waals surface area contributed by atoms with Crippen LogP contribution in [-0.2, 0) is 5.75 Å². The Labute approximate surface area is 140 Å². The average molecular weight is 345 g/mol. The lowest BCUT2D eigenvalue weighted by atomic mass is 10.2. The van der Waals surface area contributed by atoms with Gasteiger partial charge in [0.25, 0.3) is 0 Å². The van der Waals surface area contributed by atoms with Gasteiger partial charge < -0.3 is 5.11 Å². The van der Waals surface area contributed by atoms with E-state index >= 15 is 0 Å². The van der Waals surface area contributed by atoms with Gasteiger partial charge in [-0.15, -0.1) is 5.10 Å². The summed E-state index contributed by atoms with van der Waals surface area (Å²) in [6, 6.07) is 5.88. The van der Waals surface area contributed by atoms with Gasteiger partial charge in [0.2, 0.25) is 0 Å². The number of thioether (sulfide) groups is 1. The third kappa shape index (κ3) is 3.25. The highest BCUT2D eigenvalue weighted by Gasteiger charge is 2.21. The van der Waals surface area contributed by atoms with Crippen molar-refractivity contribution in [1.29, 1.82) is 0 Å². The smallest absolute Gasteiger partial charge is 0.358 e. The summed E-state index contributed by atoms with van der Waals surface area (Å²) in [5.74, 6) is -1.29. The van der Waals surface area contributed by atoms with Crippen LogP contribution >= 0.6 is 11.8 Å². The molecule has 0 amide bonds. The summed E-state index contributed by atoms with van der Waals surface area (Å²) in [6.45, 7) is 1.72. The normalized spacial score (nSPS) is 10.8. The first-order chi connectivity index (χ1) is 11.6. The number of aryl methyl sites for hydroxylation is 1. The van der Waals surface area contributed by atoms with Gasteiger partial charge in [-0.25, -0.2) is 23.8 Å². The number of halogens is 1. The molecule has 2 aromatic heterocycles. The number of benzene rings is 1. The van der Waals surface area contributed by atoms with Gasteiger partial charge in [-0.3, -0.25) is 0 Å². The number of rotatable bonds is 5. The topological polar surface area (TPSA) is 93.8 Å². The third-order valence-corrected chi connectivity index (χ3v) is 4.12. The number of carbonyl (C=O) groups is 1. The third-order valence-electron chi connectivity index (χ3n) is 3.23. The van der Waals surface area contributed by atoms with E-state index in [2.05, 4.69) is 20.3 Å². The van der Waals surface area contributed by atoms with E-state index in [-0.39, 0.29) is 17.3 Å². The van der Waals surface area contributed by atoms with Crippen molar-refractivity contribution in [2.75, 3.05) is 0 Å². The average Bonchev–Trinajstić information content (AvgIpc) is 2.98. The molecule has 9 heteroatoms. The van der Waals surface area contributed by atoms with Crippen molar-refractivity contribution in [1.82, 2.24) is 25.0 Å². The Kier molecular flexibility index (Phi) is 4.52. The Morgan fingerprint density at radius 3 is 2.75 bits per heavy atom. The summed E-state index contributed by atoms with van der Waals surface area (Å²) in [6.07, 6.45) is 3.21. The Morgan fingerprint density at radius 2 is 2.08 bits per heavy atom. The van der Waals surface area contributed by atoms with Crippen molar-refractivity contribution in [2.24, 2.45) is 0 Å². The van der Waals surface area contributed by atoms with Gasteiger partial charge >= 0.3 is 5.97 Å². The predicted octanol–water partition coefficient (Wildman–Crippen LogP) is 2.50. The predicted molar refractivity (Wildman–Crippen MR) is 84.6 cm³/mol. The molecule has 0 bridgehead atoms. The molecule has 0 saturated heterocycles. The second kappa shape index (κ2) is 6.75. The maximum atomic E-state index is 13.3. The number of hydrogen-bond donors (Lipinski definition) is 1. The highest BCUT2D eigenvalue weighted by Crippen LogP contribution is 2.24. The summed E-state index contributed by atoms with van der Waals surface area (Å²) >= 11 is 1.27. The molecular formula is C15H12FN5O2S. The minimum absolute atomic E-state index is 0.151. The Hall–Kier alpha value is -2.81. The van der Waals surface area contributed by atoms with Crippen LogP contribution in [0.15, 0.2) is 41.8 Å². The molecule has 0 radical (unpaired) electrons. The molecule has 2 heterocycles. The molecule has 0 unspecified atom stereocenters. The highest BCUT2D eigenvalue weighted by molar-refractivity contribution is 7.98. The first kappa shape index (κ1) is 16.1. The number of carboxylic acids is 1. The molecule has 3 aromatic rings. The first-order valence-corrected chi connectivity index (χ1v) is 7.89. The van der Waals surface area contributed by atoms with Gasteiger partial charge in [0, 0.05) is 18.1 Å². The number of aromatic carboxylic acids is 1. The minimum atomic E-state index is -1.18. The van der Waals surface area contributed by atoms with Crippen molar-refractivity contribution < 1.29 is 14.3 Å². The molecule has 0 fully saturated rings. The number of hydrogen-bond acceptors (Lipinski definition) is 6. The van der Waals surface area contributed by atoms with E-state index in [0.29, 0.717) is 22.1 Å². The van der Waals surface area contributed by atoms with Gasteiger partial charge in [-0.05, 0) is 36.8 Å². The van der Waals surface area contributed by atoms with Crippen molar-refractivity contribution in [3.8, 4) is 5.69 Å². The molecule has 1 aromatic carbocycles. The zero-order valence-corrected chi connectivity index (χ0v) is 13.4. The molecule has 7 nitrogen and oxygen atoms in total. The van der Waals surface area contributed by atoms with Crippen molar-refractivity contribution in [2.45, 2.75) is 17.8 Å². The zero-order chi connectivity index (χ0) is 17.1. The Bertz CT molecular complexity index is 885. The van der Waals surface area contributed by atoms with Crippen LogP contribution in [0.1, 0.15) is 21.7 Å². The summed E-state index contributed by atoms with van der Waals surface area (Å²) in [4.78, 5) is 19.6. The second-order valence-corrected chi connectivity index (χ2v) is 5.80. The lowest BCUT2D eigenvalue weighted by molar-refractivity contribution is 0.0689. The quantitative estimate of drug-likeness (QED) is 0.561. The maximum absolute atomic E-state index is 13.3. The molecule has 0 aliphatic rings. The fraction of sp³-hybridized carbons (Fsp3) is 0.133. The lowest BCUT2D eigenvalue weighted by Gasteiger charge is -2.09. The van der Waals surface area contributed by atoms with Crippen LogP contribution in [0.3, 0.4) is 0 Å². The number of aromatic nitrogens is 5. The van der Waals surface area contributed by atoms with Crippen molar-refractivity contribution in [3.63, 3.8) is 0 Å². The van der Waals surface area contributed by atoms with E-state index in [1.165, 1.54) is 34.6 Å². The summed E-state index contributed by atoms with van der Waals surface area (Å²) in [5.41, 5.74) is 1.43.